The average molecular weight is 318 g/mol. The fourth-order valence-corrected chi connectivity index (χ4v) is 2.51. The summed E-state index contributed by atoms with van der Waals surface area (Å²) in [5, 5.41) is 4.24. The Balaban J connectivity index is 1.94. The Kier molecular flexibility index (Phi) is 2.25. The summed E-state index contributed by atoms with van der Waals surface area (Å²) in [5.41, 5.74) is 2.82. The number of benzene rings is 1. The number of pyridine rings is 1. The Morgan fingerprint density at radius 2 is 2.05 bits per heavy atom. The molecule has 0 bridgehead atoms. The van der Waals surface area contributed by atoms with Gasteiger partial charge in [-0.2, -0.15) is 0 Å². The molecule has 0 N–H and O–H groups in total. The van der Waals surface area contributed by atoms with E-state index in [1.807, 2.05) is 36.5 Å². The molecule has 0 radical (unpaired) electrons. The predicted octanol–water partition coefficient (Wildman–Crippen LogP) is 2.89. The van der Waals surface area contributed by atoms with E-state index in [1.165, 1.54) is 0 Å². The largest absolute Gasteiger partial charge is 0.454 e. The molecule has 3 heterocycles. The number of rotatable bonds is 1. The summed E-state index contributed by atoms with van der Waals surface area (Å²) < 4.78 is 13.0. The molecule has 0 fully saturated rings. The SMILES string of the molecule is Brc1nc2c(-c3ccc4c(c3)OCO4)cccn2n1. The van der Waals surface area contributed by atoms with Gasteiger partial charge in [0.2, 0.25) is 11.5 Å². The Bertz CT molecular complexity index is 785. The van der Waals surface area contributed by atoms with Crippen molar-refractivity contribution in [2.75, 3.05) is 6.79 Å². The van der Waals surface area contributed by atoms with Crippen molar-refractivity contribution in [1.29, 1.82) is 0 Å². The highest BCUT2D eigenvalue weighted by Gasteiger charge is 2.15. The molecule has 0 spiro atoms. The second-order valence-electron chi connectivity index (χ2n) is 4.14. The van der Waals surface area contributed by atoms with Gasteiger partial charge in [-0.15, -0.1) is 5.10 Å². The molecule has 2 aromatic heterocycles. The fraction of sp³-hybridized carbons (Fsp3) is 0.0769. The quantitative estimate of drug-likeness (QED) is 0.692. The first-order valence-corrected chi connectivity index (χ1v) is 6.51. The van der Waals surface area contributed by atoms with Crippen LogP contribution in [0.25, 0.3) is 16.8 Å². The molecule has 0 saturated heterocycles. The maximum Gasteiger partial charge on any atom is 0.231 e. The number of hydrogen-bond donors (Lipinski definition) is 0. The first-order valence-electron chi connectivity index (χ1n) is 5.72. The van der Waals surface area contributed by atoms with Crippen LogP contribution in [0.2, 0.25) is 0 Å². The van der Waals surface area contributed by atoms with Gasteiger partial charge in [-0.3, -0.25) is 0 Å². The van der Waals surface area contributed by atoms with Crippen molar-refractivity contribution in [3.63, 3.8) is 0 Å². The highest BCUT2D eigenvalue weighted by molar-refractivity contribution is 9.10. The molecule has 0 aliphatic carbocycles. The van der Waals surface area contributed by atoms with Crippen molar-refractivity contribution in [2.24, 2.45) is 0 Å². The van der Waals surface area contributed by atoms with Gasteiger partial charge in [0.05, 0.1) is 0 Å². The summed E-state index contributed by atoms with van der Waals surface area (Å²) in [6.07, 6.45) is 1.86. The summed E-state index contributed by atoms with van der Waals surface area (Å²) in [4.78, 5) is 4.38. The van der Waals surface area contributed by atoms with Gasteiger partial charge in [0, 0.05) is 11.8 Å². The van der Waals surface area contributed by atoms with Crippen LogP contribution in [0.3, 0.4) is 0 Å². The molecular formula is C13H8BrN3O2. The summed E-state index contributed by atoms with van der Waals surface area (Å²) >= 11 is 3.29. The van der Waals surface area contributed by atoms with Crippen LogP contribution in [0, 0.1) is 0 Å². The third-order valence-electron chi connectivity index (χ3n) is 3.02. The lowest BCUT2D eigenvalue weighted by Gasteiger charge is -2.04. The van der Waals surface area contributed by atoms with Crippen molar-refractivity contribution in [3.8, 4) is 22.6 Å². The summed E-state index contributed by atoms with van der Waals surface area (Å²) in [6, 6.07) is 9.81. The van der Waals surface area contributed by atoms with E-state index in [0.29, 0.717) is 4.73 Å². The van der Waals surface area contributed by atoms with Crippen LogP contribution < -0.4 is 9.47 Å². The molecule has 6 heteroatoms. The first-order chi connectivity index (χ1) is 9.31. The van der Waals surface area contributed by atoms with Crippen molar-refractivity contribution in [3.05, 3.63) is 41.3 Å². The van der Waals surface area contributed by atoms with Crippen LogP contribution in [-0.4, -0.2) is 21.4 Å². The molecule has 0 amide bonds. The maximum absolute atomic E-state index is 5.40. The van der Waals surface area contributed by atoms with E-state index < -0.39 is 0 Å². The normalized spacial score (nSPS) is 13.1. The molecule has 1 aliphatic rings. The molecule has 1 aromatic carbocycles. The van der Waals surface area contributed by atoms with E-state index in [9.17, 15) is 0 Å². The van der Waals surface area contributed by atoms with Crippen LogP contribution in [0.5, 0.6) is 11.5 Å². The molecule has 0 unspecified atom stereocenters. The minimum Gasteiger partial charge on any atom is -0.454 e. The van der Waals surface area contributed by atoms with Crippen molar-refractivity contribution < 1.29 is 9.47 Å². The Morgan fingerprint density at radius 1 is 1.16 bits per heavy atom. The highest BCUT2D eigenvalue weighted by atomic mass is 79.9. The van der Waals surface area contributed by atoms with E-state index in [2.05, 4.69) is 26.0 Å². The van der Waals surface area contributed by atoms with Crippen LogP contribution in [0.1, 0.15) is 0 Å². The lowest BCUT2D eigenvalue weighted by atomic mass is 10.1. The molecule has 0 atom stereocenters. The van der Waals surface area contributed by atoms with Gasteiger partial charge >= 0.3 is 0 Å². The smallest absolute Gasteiger partial charge is 0.231 e. The molecule has 3 aromatic rings. The lowest BCUT2D eigenvalue weighted by molar-refractivity contribution is 0.174. The van der Waals surface area contributed by atoms with Crippen molar-refractivity contribution in [2.45, 2.75) is 0 Å². The van der Waals surface area contributed by atoms with Gasteiger partial charge in [0.25, 0.3) is 0 Å². The monoisotopic (exact) mass is 317 g/mol. The second-order valence-corrected chi connectivity index (χ2v) is 4.85. The molecule has 0 saturated carbocycles. The Morgan fingerprint density at radius 3 is 3.00 bits per heavy atom. The average Bonchev–Trinajstić information content (AvgIpc) is 3.01. The van der Waals surface area contributed by atoms with E-state index in [1.54, 1.807) is 4.52 Å². The van der Waals surface area contributed by atoms with E-state index in [-0.39, 0.29) is 6.79 Å². The van der Waals surface area contributed by atoms with E-state index in [4.69, 9.17) is 9.47 Å². The van der Waals surface area contributed by atoms with Gasteiger partial charge in [0.1, 0.15) is 0 Å². The Labute approximate surface area is 116 Å². The van der Waals surface area contributed by atoms with Crippen molar-refractivity contribution >= 4 is 21.6 Å². The highest BCUT2D eigenvalue weighted by Crippen LogP contribution is 2.36. The van der Waals surface area contributed by atoms with Crippen molar-refractivity contribution in [1.82, 2.24) is 14.6 Å². The molecule has 1 aliphatic heterocycles. The van der Waals surface area contributed by atoms with Gasteiger partial charge < -0.3 is 9.47 Å². The van der Waals surface area contributed by atoms with Gasteiger partial charge in [-0.05, 0) is 45.8 Å². The van der Waals surface area contributed by atoms with Crippen LogP contribution in [0.4, 0.5) is 0 Å². The number of aromatic nitrogens is 3. The second kappa shape index (κ2) is 3.96. The zero-order chi connectivity index (χ0) is 12.8. The predicted molar refractivity (Wildman–Crippen MR) is 72.2 cm³/mol. The summed E-state index contributed by atoms with van der Waals surface area (Å²) in [6.45, 7) is 0.277. The molecule has 19 heavy (non-hydrogen) atoms. The third-order valence-corrected chi connectivity index (χ3v) is 3.36. The minimum atomic E-state index is 0.277. The van der Waals surface area contributed by atoms with E-state index >= 15 is 0 Å². The fourth-order valence-electron chi connectivity index (χ4n) is 2.17. The van der Waals surface area contributed by atoms with Crippen LogP contribution in [0.15, 0.2) is 41.3 Å². The molecular weight excluding hydrogens is 310 g/mol. The van der Waals surface area contributed by atoms with Crippen LogP contribution in [-0.2, 0) is 0 Å². The first kappa shape index (κ1) is 10.8. The lowest BCUT2D eigenvalue weighted by Crippen LogP contribution is -1.93. The van der Waals surface area contributed by atoms with Gasteiger partial charge in [-0.25, -0.2) is 9.50 Å². The minimum absolute atomic E-state index is 0.277. The summed E-state index contributed by atoms with van der Waals surface area (Å²) in [7, 11) is 0. The number of fused-ring (bicyclic) bond motifs is 2. The van der Waals surface area contributed by atoms with Gasteiger partial charge in [-0.1, -0.05) is 6.07 Å². The molecule has 94 valence electrons. The molecule has 5 nitrogen and oxygen atoms in total. The Hall–Kier alpha value is -2.08. The standard InChI is InChI=1S/C13H8BrN3O2/c14-13-15-12-9(2-1-5-17(12)16-13)8-3-4-10-11(6-8)19-7-18-10/h1-6H,7H2. The number of halogens is 1. The third kappa shape index (κ3) is 1.67. The topological polar surface area (TPSA) is 48.7 Å². The number of ether oxygens (including phenoxy) is 2. The zero-order valence-corrected chi connectivity index (χ0v) is 11.3. The van der Waals surface area contributed by atoms with Crippen LogP contribution >= 0.6 is 15.9 Å². The summed E-state index contributed by atoms with van der Waals surface area (Å²) in [5.74, 6) is 1.54. The van der Waals surface area contributed by atoms with Gasteiger partial charge in [0.15, 0.2) is 17.1 Å². The zero-order valence-electron chi connectivity index (χ0n) is 9.71. The number of nitrogens with zero attached hydrogens (tertiary/aromatic N) is 3. The number of hydrogen-bond acceptors (Lipinski definition) is 4. The van der Waals surface area contributed by atoms with E-state index in [0.717, 1.165) is 28.3 Å². The molecule has 4 rings (SSSR count). The maximum atomic E-state index is 5.40.